The van der Waals surface area contributed by atoms with E-state index in [4.69, 9.17) is 0 Å². The van der Waals surface area contributed by atoms with E-state index in [2.05, 4.69) is 15.4 Å². The molecule has 1 aromatic carbocycles. The molecule has 1 amide bonds. The van der Waals surface area contributed by atoms with Crippen molar-refractivity contribution in [1.29, 1.82) is 0 Å². The molecule has 3 aromatic heterocycles. The molecule has 4 aromatic rings. The quantitative estimate of drug-likeness (QED) is 0.598. The highest BCUT2D eigenvalue weighted by Gasteiger charge is 2.19. The Hall–Kier alpha value is -3.06. The highest BCUT2D eigenvalue weighted by atomic mass is 32.1. The Labute approximate surface area is 153 Å². The number of nitrogens with zero attached hydrogens (tertiary/aromatic N) is 3. The zero-order chi connectivity index (χ0) is 18.1. The Kier molecular flexibility index (Phi) is 4.22. The molecule has 0 radical (unpaired) electrons. The average molecular weight is 366 g/mol. The van der Waals surface area contributed by atoms with Crippen molar-refractivity contribution >= 4 is 27.5 Å². The molecule has 0 saturated heterocycles. The summed E-state index contributed by atoms with van der Waals surface area (Å²) in [6.07, 6.45) is 1.69. The molecule has 0 aliphatic carbocycles. The summed E-state index contributed by atoms with van der Waals surface area (Å²) in [5.74, 6) is -0.517. The fourth-order valence-corrected chi connectivity index (χ4v) is 3.75. The second-order valence-electron chi connectivity index (χ2n) is 5.79. The lowest BCUT2D eigenvalue weighted by molar-refractivity contribution is 0.0954. The number of thiophene rings is 1. The highest BCUT2D eigenvalue weighted by molar-refractivity contribution is 7.20. The van der Waals surface area contributed by atoms with Gasteiger partial charge in [0, 0.05) is 24.2 Å². The Morgan fingerprint density at radius 3 is 2.81 bits per heavy atom. The maximum absolute atomic E-state index is 14.2. The summed E-state index contributed by atoms with van der Waals surface area (Å²) in [4.78, 5) is 18.0. The van der Waals surface area contributed by atoms with E-state index in [-0.39, 0.29) is 11.7 Å². The van der Waals surface area contributed by atoms with E-state index in [9.17, 15) is 9.18 Å². The topological polar surface area (TPSA) is 59.8 Å². The number of amides is 1. The maximum Gasteiger partial charge on any atom is 0.261 e. The highest BCUT2D eigenvalue weighted by Crippen LogP contribution is 2.34. The van der Waals surface area contributed by atoms with Gasteiger partial charge >= 0.3 is 0 Å². The minimum Gasteiger partial charge on any atom is -0.346 e. The Morgan fingerprint density at radius 2 is 2.04 bits per heavy atom. The van der Waals surface area contributed by atoms with Crippen LogP contribution in [-0.4, -0.2) is 20.7 Å². The minimum absolute atomic E-state index is 0.184. The Balaban J connectivity index is 1.65. The van der Waals surface area contributed by atoms with Gasteiger partial charge in [0.25, 0.3) is 5.91 Å². The molecule has 0 aliphatic rings. The molecule has 26 heavy (non-hydrogen) atoms. The minimum atomic E-state index is -0.333. The molecule has 0 fully saturated rings. The van der Waals surface area contributed by atoms with Crippen LogP contribution in [0.3, 0.4) is 0 Å². The summed E-state index contributed by atoms with van der Waals surface area (Å²) in [6, 6.07) is 13.8. The van der Waals surface area contributed by atoms with Crippen LogP contribution in [0.4, 0.5) is 4.39 Å². The molecule has 130 valence electrons. The van der Waals surface area contributed by atoms with Gasteiger partial charge in [-0.15, -0.1) is 11.3 Å². The lowest BCUT2D eigenvalue weighted by Crippen LogP contribution is -2.22. The molecule has 0 bridgehead atoms. The number of carbonyl (C=O) groups excluding carboxylic acids is 1. The number of benzene rings is 1. The van der Waals surface area contributed by atoms with Crippen LogP contribution in [0, 0.1) is 5.82 Å². The number of nitrogens with one attached hydrogen (secondary N) is 1. The normalized spacial score (nSPS) is 11.0. The summed E-state index contributed by atoms with van der Waals surface area (Å²) in [5, 5.41) is 8.05. The van der Waals surface area contributed by atoms with Gasteiger partial charge in [-0.05, 0) is 30.3 Å². The third-order valence-corrected chi connectivity index (χ3v) is 5.22. The van der Waals surface area contributed by atoms with Crippen molar-refractivity contribution in [1.82, 2.24) is 20.1 Å². The summed E-state index contributed by atoms with van der Waals surface area (Å²) < 4.78 is 15.8. The number of carbonyl (C=O) groups is 1. The number of hydrogen-bond donors (Lipinski definition) is 1. The average Bonchev–Trinajstić information content (AvgIpc) is 3.22. The number of aryl methyl sites for hydroxylation is 1. The van der Waals surface area contributed by atoms with E-state index in [1.54, 1.807) is 42.2 Å². The van der Waals surface area contributed by atoms with E-state index in [0.29, 0.717) is 22.7 Å². The van der Waals surface area contributed by atoms with E-state index in [1.807, 2.05) is 18.2 Å². The summed E-state index contributed by atoms with van der Waals surface area (Å²) in [5.41, 5.74) is 1.76. The molecular formula is C19H15FN4OS. The third kappa shape index (κ3) is 2.97. The van der Waals surface area contributed by atoms with Crippen LogP contribution in [0.15, 0.2) is 54.7 Å². The molecule has 0 aliphatic heterocycles. The number of aromatic nitrogens is 3. The van der Waals surface area contributed by atoms with Crippen molar-refractivity contribution in [2.24, 2.45) is 7.05 Å². The maximum atomic E-state index is 14.2. The van der Waals surface area contributed by atoms with Crippen LogP contribution in [0.2, 0.25) is 0 Å². The van der Waals surface area contributed by atoms with Crippen LogP contribution < -0.4 is 5.32 Å². The molecule has 4 rings (SSSR count). The van der Waals surface area contributed by atoms with Gasteiger partial charge in [-0.1, -0.05) is 18.2 Å². The van der Waals surface area contributed by atoms with E-state index in [0.717, 1.165) is 15.9 Å². The van der Waals surface area contributed by atoms with Gasteiger partial charge in [0.15, 0.2) is 0 Å². The number of hydrogen-bond acceptors (Lipinski definition) is 4. The number of halogens is 1. The third-order valence-electron chi connectivity index (χ3n) is 4.02. The zero-order valence-corrected chi connectivity index (χ0v) is 14.8. The van der Waals surface area contributed by atoms with Crippen LogP contribution >= 0.6 is 11.3 Å². The van der Waals surface area contributed by atoms with Crippen molar-refractivity contribution in [3.05, 3.63) is 71.1 Å². The van der Waals surface area contributed by atoms with E-state index >= 15 is 0 Å². The van der Waals surface area contributed by atoms with Gasteiger partial charge in [-0.2, -0.15) is 5.10 Å². The van der Waals surface area contributed by atoms with Gasteiger partial charge in [-0.3, -0.25) is 14.5 Å². The van der Waals surface area contributed by atoms with Gasteiger partial charge in [0.05, 0.1) is 17.1 Å². The molecule has 7 heteroatoms. The number of rotatable bonds is 4. The van der Waals surface area contributed by atoms with Crippen LogP contribution in [0.25, 0.3) is 21.5 Å². The fraction of sp³-hybridized carbons (Fsp3) is 0.105. The molecule has 1 N–H and O–H groups in total. The van der Waals surface area contributed by atoms with E-state index < -0.39 is 0 Å². The van der Waals surface area contributed by atoms with Crippen molar-refractivity contribution in [2.45, 2.75) is 6.54 Å². The van der Waals surface area contributed by atoms with Crippen molar-refractivity contribution < 1.29 is 9.18 Å². The Morgan fingerprint density at radius 1 is 1.23 bits per heavy atom. The van der Waals surface area contributed by atoms with Gasteiger partial charge < -0.3 is 5.32 Å². The summed E-state index contributed by atoms with van der Waals surface area (Å²) >= 11 is 1.33. The van der Waals surface area contributed by atoms with Gasteiger partial charge in [-0.25, -0.2) is 4.39 Å². The Bertz CT molecular complexity index is 1090. The first kappa shape index (κ1) is 16.4. The summed E-state index contributed by atoms with van der Waals surface area (Å²) in [7, 11) is 1.79. The summed E-state index contributed by atoms with van der Waals surface area (Å²) in [6.45, 7) is 0.354. The van der Waals surface area contributed by atoms with Crippen LogP contribution in [-0.2, 0) is 13.6 Å². The molecular weight excluding hydrogens is 351 g/mol. The predicted octanol–water partition coefficient (Wildman–Crippen LogP) is 3.77. The lowest BCUT2D eigenvalue weighted by Gasteiger charge is -2.02. The molecule has 5 nitrogen and oxygen atoms in total. The predicted molar refractivity (Wildman–Crippen MR) is 99.4 cm³/mol. The molecule has 0 unspecified atom stereocenters. The molecule has 0 spiro atoms. The molecule has 0 atom stereocenters. The van der Waals surface area contributed by atoms with Crippen molar-refractivity contribution in [3.8, 4) is 11.3 Å². The van der Waals surface area contributed by atoms with E-state index in [1.165, 1.54) is 17.4 Å². The number of pyridine rings is 1. The molecule has 3 heterocycles. The van der Waals surface area contributed by atoms with Crippen LogP contribution in [0.1, 0.15) is 15.4 Å². The first-order valence-electron chi connectivity index (χ1n) is 8.03. The number of fused-ring (bicyclic) bond motifs is 1. The smallest absolute Gasteiger partial charge is 0.261 e. The van der Waals surface area contributed by atoms with Gasteiger partial charge in [0.2, 0.25) is 0 Å². The largest absolute Gasteiger partial charge is 0.346 e. The van der Waals surface area contributed by atoms with Gasteiger partial charge in [0.1, 0.15) is 16.3 Å². The second-order valence-corrected chi connectivity index (χ2v) is 6.82. The van der Waals surface area contributed by atoms with Crippen LogP contribution in [0.5, 0.6) is 0 Å². The molecule has 0 saturated carbocycles. The van der Waals surface area contributed by atoms with Crippen molar-refractivity contribution in [3.63, 3.8) is 0 Å². The zero-order valence-electron chi connectivity index (χ0n) is 13.9. The monoisotopic (exact) mass is 366 g/mol. The second kappa shape index (κ2) is 6.68. The SMILES string of the molecule is Cn1nc(-c2ccccc2F)c2cc(C(=O)NCc3ccccn3)sc21. The lowest BCUT2D eigenvalue weighted by atomic mass is 10.1. The van der Waals surface area contributed by atoms with Crippen molar-refractivity contribution in [2.75, 3.05) is 0 Å². The first-order valence-corrected chi connectivity index (χ1v) is 8.84. The standard InChI is InChI=1S/C19H15FN4OS/c1-24-19-14(17(23-24)13-7-2-3-8-15(13)20)10-16(26-19)18(25)22-11-12-6-4-5-9-21-12/h2-10H,11H2,1H3,(H,22,25). The first-order chi connectivity index (χ1) is 12.6. The fourth-order valence-electron chi connectivity index (χ4n) is 2.77.